The van der Waals surface area contributed by atoms with Crippen LogP contribution in [-0.2, 0) is 17.6 Å². The van der Waals surface area contributed by atoms with E-state index in [2.05, 4.69) is 65.0 Å². The first-order valence-corrected chi connectivity index (χ1v) is 10.2. The highest BCUT2D eigenvalue weighted by molar-refractivity contribution is 5.68. The van der Waals surface area contributed by atoms with Crippen molar-refractivity contribution in [1.29, 1.82) is 0 Å². The topological polar surface area (TPSA) is 44.8 Å². The predicted molar refractivity (Wildman–Crippen MR) is 118 cm³/mol. The molecule has 1 aliphatic carbocycles. The van der Waals surface area contributed by atoms with E-state index < -0.39 is 16.7 Å². The summed E-state index contributed by atoms with van der Waals surface area (Å²) in [6, 6.07) is 4.54. The summed E-state index contributed by atoms with van der Waals surface area (Å²) in [5.41, 5.74) is 5.25. The van der Waals surface area contributed by atoms with E-state index in [4.69, 9.17) is 4.74 Å². The van der Waals surface area contributed by atoms with Crippen molar-refractivity contribution < 1.29 is 14.4 Å². The Balaban J connectivity index is 2.36. The second-order valence-electron chi connectivity index (χ2n) is 8.32. The van der Waals surface area contributed by atoms with Crippen LogP contribution in [0.25, 0.3) is 5.57 Å². The third-order valence-corrected chi connectivity index (χ3v) is 6.91. The fourth-order valence-corrected chi connectivity index (χ4v) is 5.51. The Labute approximate surface area is 170 Å². The van der Waals surface area contributed by atoms with Crippen LogP contribution in [0.15, 0.2) is 23.7 Å². The molecule has 0 radical (unpaired) electrons. The van der Waals surface area contributed by atoms with Crippen LogP contribution in [-0.4, -0.2) is 48.2 Å². The Bertz CT molecular complexity index is 813. The van der Waals surface area contributed by atoms with Crippen molar-refractivity contribution in [3.05, 3.63) is 41.0 Å². The van der Waals surface area contributed by atoms with Crippen LogP contribution in [0.4, 0.5) is 0 Å². The molecule has 1 saturated carbocycles. The summed E-state index contributed by atoms with van der Waals surface area (Å²) < 4.78 is 7.43. The highest BCUT2D eigenvalue weighted by Crippen LogP contribution is 2.70. The van der Waals surface area contributed by atoms with Gasteiger partial charge in [0.25, 0.3) is 6.34 Å². The number of hydrogen-bond acceptors (Lipinski definition) is 3. The molecule has 0 spiro atoms. The monoisotopic (exact) mass is 385 g/mol. The smallest absolute Gasteiger partial charge is 0.279 e. The van der Waals surface area contributed by atoms with Gasteiger partial charge in [0.2, 0.25) is 5.79 Å². The van der Waals surface area contributed by atoms with Gasteiger partial charge in [0.1, 0.15) is 7.05 Å². The predicted octanol–water partition coefficient (Wildman–Crippen LogP) is 4.40. The molecule has 154 valence electrons. The van der Waals surface area contributed by atoms with Crippen molar-refractivity contribution in [3.63, 3.8) is 0 Å². The molecule has 4 heteroatoms. The minimum absolute atomic E-state index is 0.445. The zero-order valence-electron chi connectivity index (χ0n) is 18.7. The molecule has 3 atom stereocenters. The summed E-state index contributed by atoms with van der Waals surface area (Å²) in [6.07, 6.45) is 5.04. The van der Waals surface area contributed by atoms with Crippen LogP contribution in [0.2, 0.25) is 0 Å². The number of hydrogen-bond donors (Lipinski definition) is 1. The molecular weight excluding hydrogens is 348 g/mol. The number of aliphatic imine (C=N–C) groups is 1. The van der Waals surface area contributed by atoms with Gasteiger partial charge in [0, 0.05) is 7.11 Å². The first-order valence-electron chi connectivity index (χ1n) is 10.2. The van der Waals surface area contributed by atoms with Gasteiger partial charge in [0.15, 0.2) is 5.54 Å². The SMILES string of the molecule is C=C(C)c1c(C)cc(CCC2(C)C(O)(OC)C2(CC)[N+](=C)C=NC)cc1CC. The van der Waals surface area contributed by atoms with E-state index in [1.54, 1.807) is 25.1 Å². The molecule has 0 bridgehead atoms. The second-order valence-corrected chi connectivity index (χ2v) is 8.32. The third-order valence-electron chi connectivity index (χ3n) is 6.91. The highest BCUT2D eigenvalue weighted by atomic mass is 16.6. The number of nitrogens with zero attached hydrogens (tertiary/aromatic N) is 2. The molecule has 0 amide bonds. The number of allylic oxidation sites excluding steroid dienone is 1. The van der Waals surface area contributed by atoms with Crippen molar-refractivity contribution >= 4 is 18.6 Å². The molecular formula is C24H37N2O2+. The van der Waals surface area contributed by atoms with E-state index in [1.165, 1.54) is 22.3 Å². The van der Waals surface area contributed by atoms with Gasteiger partial charge < -0.3 is 9.84 Å². The average molecular weight is 386 g/mol. The molecule has 1 aliphatic rings. The zero-order chi connectivity index (χ0) is 21.3. The maximum Gasteiger partial charge on any atom is 0.279 e. The van der Waals surface area contributed by atoms with Gasteiger partial charge in [-0.1, -0.05) is 43.1 Å². The molecule has 0 aromatic heterocycles. The summed E-state index contributed by atoms with van der Waals surface area (Å²) in [4.78, 5) is 4.10. The molecule has 1 N–H and O–H groups in total. The standard InChI is InChI=1S/C24H37N2O2/c1-10-20-15-19(14-18(5)21(20)17(3)4)12-13-22(6)23(11-2,24(22,27)28-9)26(8)16-25-7/h14-16,27H,3,8,10-13H2,1-2,4-7,9H3/q+1. The first-order chi connectivity index (χ1) is 13.1. The first kappa shape index (κ1) is 22.5. The quantitative estimate of drug-likeness (QED) is 0.296. The fraction of sp³-hybridized carbons (Fsp3) is 0.583. The van der Waals surface area contributed by atoms with Gasteiger partial charge in [-0.3, -0.25) is 0 Å². The molecule has 4 nitrogen and oxygen atoms in total. The summed E-state index contributed by atoms with van der Waals surface area (Å²) >= 11 is 0. The molecule has 0 saturated heterocycles. The largest absolute Gasteiger partial charge is 0.361 e. The number of aryl methyl sites for hydroxylation is 3. The van der Waals surface area contributed by atoms with Gasteiger partial charge in [-0.05, 0) is 68.7 Å². The lowest BCUT2D eigenvalue weighted by Gasteiger charge is -2.18. The maximum atomic E-state index is 11.3. The van der Waals surface area contributed by atoms with Gasteiger partial charge in [-0.25, -0.2) is 4.58 Å². The van der Waals surface area contributed by atoms with Crippen molar-refractivity contribution in [3.8, 4) is 0 Å². The van der Waals surface area contributed by atoms with Crippen LogP contribution in [0.5, 0.6) is 0 Å². The Hall–Kier alpha value is -1.78. The minimum atomic E-state index is -1.25. The fourth-order valence-electron chi connectivity index (χ4n) is 5.51. The van der Waals surface area contributed by atoms with Crippen molar-refractivity contribution in [2.24, 2.45) is 10.4 Å². The average Bonchev–Trinajstić information content (AvgIpc) is 3.10. The molecule has 1 aromatic carbocycles. The normalized spacial score (nSPS) is 29.3. The summed E-state index contributed by atoms with van der Waals surface area (Å²) in [5, 5.41) is 11.3. The Kier molecular flexibility index (Phi) is 6.37. The van der Waals surface area contributed by atoms with Gasteiger partial charge in [0.05, 0.1) is 12.1 Å². The van der Waals surface area contributed by atoms with Crippen molar-refractivity contribution in [1.82, 2.24) is 0 Å². The Morgan fingerprint density at radius 3 is 2.46 bits per heavy atom. The van der Waals surface area contributed by atoms with E-state index in [0.717, 1.165) is 31.3 Å². The summed E-state index contributed by atoms with van der Waals surface area (Å²) in [5.74, 6) is -1.25. The number of benzene rings is 1. The molecule has 1 aromatic rings. The lowest BCUT2D eigenvalue weighted by atomic mass is 9.88. The lowest BCUT2D eigenvalue weighted by Crippen LogP contribution is -2.37. The number of ether oxygens (including phenoxy) is 1. The van der Waals surface area contributed by atoms with E-state index >= 15 is 0 Å². The minimum Gasteiger partial charge on any atom is -0.361 e. The van der Waals surface area contributed by atoms with Gasteiger partial charge >= 0.3 is 0 Å². The van der Waals surface area contributed by atoms with Crippen LogP contribution < -0.4 is 0 Å². The number of rotatable bonds is 9. The van der Waals surface area contributed by atoms with Crippen molar-refractivity contribution in [2.75, 3.05) is 14.2 Å². The van der Waals surface area contributed by atoms with E-state index in [9.17, 15) is 5.11 Å². The van der Waals surface area contributed by atoms with E-state index in [-0.39, 0.29) is 0 Å². The summed E-state index contributed by atoms with van der Waals surface area (Å²) in [7, 11) is 3.29. The van der Waals surface area contributed by atoms with Crippen LogP contribution in [0.3, 0.4) is 0 Å². The van der Waals surface area contributed by atoms with Crippen molar-refractivity contribution in [2.45, 2.75) is 71.6 Å². The lowest BCUT2D eigenvalue weighted by molar-refractivity contribution is -0.486. The molecule has 1 fully saturated rings. The molecule has 2 rings (SSSR count). The summed E-state index contributed by atoms with van der Waals surface area (Å²) in [6.45, 7) is 18.8. The Morgan fingerprint density at radius 2 is 2.00 bits per heavy atom. The third kappa shape index (κ3) is 2.98. The van der Waals surface area contributed by atoms with Gasteiger partial charge in [-0.2, -0.15) is 0 Å². The maximum absolute atomic E-state index is 11.3. The molecule has 28 heavy (non-hydrogen) atoms. The van der Waals surface area contributed by atoms with Crippen LogP contribution in [0.1, 0.15) is 62.8 Å². The van der Waals surface area contributed by atoms with E-state index in [0.29, 0.717) is 0 Å². The van der Waals surface area contributed by atoms with Crippen LogP contribution >= 0.6 is 0 Å². The van der Waals surface area contributed by atoms with E-state index in [1.807, 2.05) is 0 Å². The molecule has 0 heterocycles. The number of methoxy groups -OCH3 is 1. The molecule has 3 unspecified atom stereocenters. The van der Waals surface area contributed by atoms with Gasteiger partial charge in [-0.15, -0.1) is 0 Å². The number of aliphatic hydroxyl groups is 1. The van der Waals surface area contributed by atoms with Crippen LogP contribution in [0, 0.1) is 12.3 Å². The second kappa shape index (κ2) is 7.92. The molecule has 0 aliphatic heterocycles. The zero-order valence-corrected chi connectivity index (χ0v) is 18.7. The Morgan fingerprint density at radius 1 is 1.36 bits per heavy atom. The highest BCUT2D eigenvalue weighted by Gasteiger charge is 2.89.